The quantitative estimate of drug-likeness (QED) is 0.490. The molecule has 2 N–H and O–H groups in total. The van der Waals surface area contributed by atoms with Crippen molar-refractivity contribution in [2.45, 2.75) is 13.3 Å². The van der Waals surface area contributed by atoms with Gasteiger partial charge in [-0.2, -0.15) is 5.10 Å². The van der Waals surface area contributed by atoms with Gasteiger partial charge < -0.3 is 15.3 Å². The molecule has 88 valence electrons. The average molecular weight is 243 g/mol. The second-order valence-electron chi connectivity index (χ2n) is 3.15. The smallest absolute Gasteiger partial charge is 0.170 e. The number of halogens is 1. The van der Waals surface area contributed by atoms with E-state index in [1.54, 1.807) is 19.2 Å². The predicted octanol–water partition coefficient (Wildman–Crippen LogP) is 2.43. The maximum absolute atomic E-state index is 5.93. The lowest BCUT2D eigenvalue weighted by Crippen LogP contribution is -2.02. The van der Waals surface area contributed by atoms with Crippen LogP contribution in [0.3, 0.4) is 0 Å². The molecule has 4 nitrogen and oxygen atoms in total. The Morgan fingerprint density at radius 1 is 1.50 bits per heavy atom. The number of hydrazone groups is 1. The van der Waals surface area contributed by atoms with Crippen LogP contribution in [0.25, 0.3) is 0 Å². The molecule has 1 aromatic rings. The molecule has 1 rings (SSSR count). The van der Waals surface area contributed by atoms with Crippen LogP contribution in [0, 0.1) is 0 Å². The van der Waals surface area contributed by atoms with E-state index in [0.29, 0.717) is 28.7 Å². The number of methoxy groups -OCH3 is 1. The molecule has 0 bridgehead atoms. The van der Waals surface area contributed by atoms with Crippen molar-refractivity contribution in [2.24, 2.45) is 10.9 Å². The summed E-state index contributed by atoms with van der Waals surface area (Å²) in [5.74, 6) is 6.32. The molecule has 0 fully saturated rings. The minimum atomic E-state index is 0.551. The molecule has 0 unspecified atom stereocenters. The number of rotatable bonds is 5. The third kappa shape index (κ3) is 3.03. The van der Waals surface area contributed by atoms with Crippen molar-refractivity contribution in [3.05, 3.63) is 22.7 Å². The number of hydrogen-bond donors (Lipinski definition) is 1. The summed E-state index contributed by atoms with van der Waals surface area (Å²) in [6, 6.07) is 3.42. The number of nitrogens with two attached hydrogens (primary N) is 1. The van der Waals surface area contributed by atoms with E-state index in [0.717, 1.165) is 6.42 Å². The van der Waals surface area contributed by atoms with Crippen LogP contribution in [0.4, 0.5) is 0 Å². The summed E-state index contributed by atoms with van der Waals surface area (Å²) in [5, 5.41) is 4.02. The first-order valence-electron chi connectivity index (χ1n) is 4.96. The van der Waals surface area contributed by atoms with E-state index in [1.807, 2.05) is 6.92 Å². The van der Waals surface area contributed by atoms with Crippen LogP contribution in [0.2, 0.25) is 5.02 Å². The molecule has 1 aromatic carbocycles. The van der Waals surface area contributed by atoms with Crippen molar-refractivity contribution in [2.75, 3.05) is 13.7 Å². The minimum absolute atomic E-state index is 0.551. The number of nitrogens with zero attached hydrogens (tertiary/aromatic N) is 1. The van der Waals surface area contributed by atoms with Gasteiger partial charge >= 0.3 is 0 Å². The Hall–Kier alpha value is -1.42. The van der Waals surface area contributed by atoms with E-state index in [1.165, 1.54) is 6.21 Å². The fourth-order valence-electron chi connectivity index (χ4n) is 1.28. The highest BCUT2D eigenvalue weighted by molar-refractivity contribution is 6.31. The summed E-state index contributed by atoms with van der Waals surface area (Å²) >= 11 is 5.93. The monoisotopic (exact) mass is 242 g/mol. The Morgan fingerprint density at radius 3 is 2.81 bits per heavy atom. The normalized spacial score (nSPS) is 10.7. The molecule has 16 heavy (non-hydrogen) atoms. The molecule has 0 aliphatic rings. The van der Waals surface area contributed by atoms with Gasteiger partial charge in [-0.3, -0.25) is 0 Å². The summed E-state index contributed by atoms with van der Waals surface area (Å²) < 4.78 is 10.8. The van der Waals surface area contributed by atoms with Gasteiger partial charge in [-0.15, -0.1) is 0 Å². The summed E-state index contributed by atoms with van der Waals surface area (Å²) in [6.07, 6.45) is 2.39. The molecule has 0 saturated heterocycles. The summed E-state index contributed by atoms with van der Waals surface area (Å²) in [4.78, 5) is 0. The maximum atomic E-state index is 5.93. The van der Waals surface area contributed by atoms with Crippen molar-refractivity contribution in [3.63, 3.8) is 0 Å². The lowest BCUT2D eigenvalue weighted by molar-refractivity contribution is 0.294. The largest absolute Gasteiger partial charge is 0.493 e. The van der Waals surface area contributed by atoms with Crippen LogP contribution in [0.5, 0.6) is 11.5 Å². The summed E-state index contributed by atoms with van der Waals surface area (Å²) in [7, 11) is 1.56. The fraction of sp³-hybridized carbons (Fsp3) is 0.364. The lowest BCUT2D eigenvalue weighted by atomic mass is 10.2. The van der Waals surface area contributed by atoms with E-state index in [-0.39, 0.29) is 0 Å². The Kier molecular flexibility index (Phi) is 4.92. The Labute approximate surface area is 100.0 Å². The molecule has 0 aliphatic heterocycles. The first kappa shape index (κ1) is 12.6. The van der Waals surface area contributed by atoms with Crippen molar-refractivity contribution in [1.29, 1.82) is 0 Å². The van der Waals surface area contributed by atoms with E-state index >= 15 is 0 Å². The second kappa shape index (κ2) is 6.23. The molecule has 0 aliphatic carbocycles. The Bertz CT molecular complexity index is 380. The van der Waals surface area contributed by atoms with Gasteiger partial charge in [-0.05, 0) is 12.5 Å². The van der Waals surface area contributed by atoms with Crippen LogP contribution in [-0.4, -0.2) is 19.9 Å². The molecule has 0 aromatic heterocycles. The molecule has 5 heteroatoms. The first-order chi connectivity index (χ1) is 7.72. The lowest BCUT2D eigenvalue weighted by Gasteiger charge is -2.13. The van der Waals surface area contributed by atoms with Gasteiger partial charge in [0.15, 0.2) is 11.5 Å². The molecular formula is C11H15ClN2O2. The van der Waals surface area contributed by atoms with Crippen molar-refractivity contribution in [1.82, 2.24) is 0 Å². The van der Waals surface area contributed by atoms with E-state index < -0.39 is 0 Å². The van der Waals surface area contributed by atoms with E-state index in [2.05, 4.69) is 5.10 Å². The van der Waals surface area contributed by atoms with Gasteiger partial charge in [0.1, 0.15) is 0 Å². The summed E-state index contributed by atoms with van der Waals surface area (Å²) in [5.41, 5.74) is 0.709. The van der Waals surface area contributed by atoms with Crippen LogP contribution >= 0.6 is 11.6 Å². The zero-order valence-corrected chi connectivity index (χ0v) is 10.1. The zero-order valence-electron chi connectivity index (χ0n) is 9.37. The third-order valence-electron chi connectivity index (χ3n) is 1.93. The van der Waals surface area contributed by atoms with Crippen molar-refractivity contribution >= 4 is 17.8 Å². The van der Waals surface area contributed by atoms with Gasteiger partial charge in [0.2, 0.25) is 0 Å². The molecule has 0 atom stereocenters. The zero-order chi connectivity index (χ0) is 12.0. The Balaban J connectivity index is 3.16. The van der Waals surface area contributed by atoms with Crippen molar-refractivity contribution < 1.29 is 9.47 Å². The van der Waals surface area contributed by atoms with Gasteiger partial charge in [-0.25, -0.2) is 0 Å². The summed E-state index contributed by atoms with van der Waals surface area (Å²) in [6.45, 7) is 2.63. The second-order valence-corrected chi connectivity index (χ2v) is 3.59. The highest BCUT2D eigenvalue weighted by Gasteiger charge is 2.11. The maximum Gasteiger partial charge on any atom is 0.170 e. The molecule has 0 spiro atoms. The highest BCUT2D eigenvalue weighted by Crippen LogP contribution is 2.33. The Morgan fingerprint density at radius 2 is 2.25 bits per heavy atom. The van der Waals surface area contributed by atoms with Crippen LogP contribution in [-0.2, 0) is 0 Å². The van der Waals surface area contributed by atoms with Gasteiger partial charge in [-0.1, -0.05) is 18.5 Å². The van der Waals surface area contributed by atoms with Crippen LogP contribution in [0.1, 0.15) is 18.9 Å². The first-order valence-corrected chi connectivity index (χ1v) is 5.34. The van der Waals surface area contributed by atoms with Crippen LogP contribution in [0.15, 0.2) is 17.2 Å². The number of ether oxygens (including phenoxy) is 2. The minimum Gasteiger partial charge on any atom is -0.493 e. The molecule has 0 heterocycles. The van der Waals surface area contributed by atoms with Gasteiger partial charge in [0, 0.05) is 16.7 Å². The van der Waals surface area contributed by atoms with E-state index in [4.69, 9.17) is 26.9 Å². The topological polar surface area (TPSA) is 56.8 Å². The average Bonchev–Trinajstić information content (AvgIpc) is 2.27. The van der Waals surface area contributed by atoms with Gasteiger partial charge in [0.05, 0.1) is 19.9 Å². The standard InChI is InChI=1S/C11H15ClN2O2/c1-3-4-16-11-8(7-14-13)5-9(12)6-10(11)15-2/h5-7H,3-4,13H2,1-2H3. The van der Waals surface area contributed by atoms with Crippen LogP contribution < -0.4 is 15.3 Å². The highest BCUT2D eigenvalue weighted by atomic mass is 35.5. The molecule has 0 radical (unpaired) electrons. The molecular weight excluding hydrogens is 228 g/mol. The van der Waals surface area contributed by atoms with E-state index in [9.17, 15) is 0 Å². The fourth-order valence-corrected chi connectivity index (χ4v) is 1.49. The molecule has 0 saturated carbocycles. The van der Waals surface area contributed by atoms with Gasteiger partial charge in [0.25, 0.3) is 0 Å². The molecule has 0 amide bonds. The number of hydrogen-bond acceptors (Lipinski definition) is 4. The SMILES string of the molecule is CCCOc1c(C=NN)cc(Cl)cc1OC. The van der Waals surface area contributed by atoms with Crippen molar-refractivity contribution in [3.8, 4) is 11.5 Å². The number of benzene rings is 1. The third-order valence-corrected chi connectivity index (χ3v) is 2.15. The predicted molar refractivity (Wildman–Crippen MR) is 65.6 cm³/mol.